The summed E-state index contributed by atoms with van der Waals surface area (Å²) in [6.45, 7) is 6.49. The van der Waals surface area contributed by atoms with Crippen LogP contribution in [0, 0.1) is 6.92 Å². The summed E-state index contributed by atoms with van der Waals surface area (Å²) in [5, 5.41) is 2.46. The highest BCUT2D eigenvalue weighted by Gasteiger charge is 2.14. The molecule has 0 amide bonds. The number of aromatic nitrogens is 3. The third-order valence-corrected chi connectivity index (χ3v) is 4.13. The molecular weight excluding hydrogens is 258 g/mol. The number of rotatable bonds is 1. The van der Waals surface area contributed by atoms with Crippen molar-refractivity contribution in [3.05, 3.63) is 54.0 Å². The van der Waals surface area contributed by atoms with Gasteiger partial charge in [0.1, 0.15) is 5.65 Å². The molecule has 104 valence electrons. The van der Waals surface area contributed by atoms with Crippen molar-refractivity contribution in [3.8, 4) is 0 Å². The maximum atomic E-state index is 4.85. The molecule has 0 aliphatic heterocycles. The highest BCUT2D eigenvalue weighted by atomic mass is 15.0. The van der Waals surface area contributed by atoms with Crippen molar-refractivity contribution in [1.29, 1.82) is 0 Å². The molecule has 4 aromatic rings. The molecule has 3 heteroatoms. The van der Waals surface area contributed by atoms with E-state index < -0.39 is 0 Å². The fourth-order valence-corrected chi connectivity index (χ4v) is 3.07. The molecular formula is C18H17N3. The lowest BCUT2D eigenvalue weighted by atomic mass is 10.1. The first-order valence-corrected chi connectivity index (χ1v) is 7.32. The number of fused-ring (bicyclic) bond motifs is 5. The summed E-state index contributed by atoms with van der Waals surface area (Å²) in [5.74, 6) is 0.377. The van der Waals surface area contributed by atoms with Crippen molar-refractivity contribution < 1.29 is 0 Å². The third kappa shape index (κ3) is 1.67. The lowest BCUT2D eigenvalue weighted by molar-refractivity contribution is 0.829. The van der Waals surface area contributed by atoms with E-state index in [1.807, 2.05) is 12.3 Å². The summed E-state index contributed by atoms with van der Waals surface area (Å²) in [5.41, 5.74) is 5.55. The van der Waals surface area contributed by atoms with Gasteiger partial charge in [-0.2, -0.15) is 0 Å². The SMILES string of the molecule is Cc1cccc2c1ccn1c2nc2ccnc(C(C)C)c21. The number of hydrogen-bond acceptors (Lipinski definition) is 2. The largest absolute Gasteiger partial charge is 0.297 e. The van der Waals surface area contributed by atoms with Crippen LogP contribution in [-0.4, -0.2) is 14.4 Å². The molecule has 0 fully saturated rings. The van der Waals surface area contributed by atoms with E-state index in [0.29, 0.717) is 5.92 Å². The van der Waals surface area contributed by atoms with Crippen LogP contribution in [0.2, 0.25) is 0 Å². The molecule has 3 nitrogen and oxygen atoms in total. The Labute approximate surface area is 123 Å². The summed E-state index contributed by atoms with van der Waals surface area (Å²) >= 11 is 0. The van der Waals surface area contributed by atoms with Gasteiger partial charge in [-0.1, -0.05) is 32.0 Å². The summed E-state index contributed by atoms with van der Waals surface area (Å²) in [4.78, 5) is 9.42. The lowest BCUT2D eigenvalue weighted by Gasteiger charge is -2.07. The van der Waals surface area contributed by atoms with Crippen LogP contribution in [0.3, 0.4) is 0 Å². The van der Waals surface area contributed by atoms with Crippen molar-refractivity contribution >= 4 is 27.5 Å². The zero-order chi connectivity index (χ0) is 14.6. The third-order valence-electron chi connectivity index (χ3n) is 4.13. The first-order valence-electron chi connectivity index (χ1n) is 7.32. The minimum atomic E-state index is 0.377. The molecule has 3 heterocycles. The molecule has 0 unspecified atom stereocenters. The Hall–Kier alpha value is -2.42. The van der Waals surface area contributed by atoms with Crippen LogP contribution in [0.1, 0.15) is 31.0 Å². The first-order chi connectivity index (χ1) is 10.2. The Morgan fingerprint density at radius 1 is 1.05 bits per heavy atom. The molecule has 0 aliphatic carbocycles. The van der Waals surface area contributed by atoms with Crippen LogP contribution in [0.5, 0.6) is 0 Å². The Kier molecular flexibility index (Phi) is 2.52. The van der Waals surface area contributed by atoms with E-state index >= 15 is 0 Å². The monoisotopic (exact) mass is 275 g/mol. The Balaban J connectivity index is 2.25. The van der Waals surface area contributed by atoms with Crippen molar-refractivity contribution in [2.75, 3.05) is 0 Å². The van der Waals surface area contributed by atoms with E-state index in [9.17, 15) is 0 Å². The quantitative estimate of drug-likeness (QED) is 0.513. The van der Waals surface area contributed by atoms with Crippen LogP contribution in [0.25, 0.3) is 27.5 Å². The van der Waals surface area contributed by atoms with E-state index in [1.165, 1.54) is 16.3 Å². The van der Waals surface area contributed by atoms with Gasteiger partial charge in [0.05, 0.1) is 16.7 Å². The van der Waals surface area contributed by atoms with Gasteiger partial charge in [-0.3, -0.25) is 9.38 Å². The van der Waals surface area contributed by atoms with Gasteiger partial charge in [0.25, 0.3) is 0 Å². The minimum absolute atomic E-state index is 0.377. The van der Waals surface area contributed by atoms with Crippen LogP contribution in [0.4, 0.5) is 0 Å². The van der Waals surface area contributed by atoms with Crippen LogP contribution >= 0.6 is 0 Å². The Morgan fingerprint density at radius 3 is 2.71 bits per heavy atom. The minimum Gasteiger partial charge on any atom is -0.297 e. The molecule has 0 saturated heterocycles. The standard InChI is InChI=1S/C18H17N3/c1-11(2)16-17-15(7-9-19-16)20-18-14-6-4-5-12(3)13(14)8-10-21(17)18/h4-11H,1-3H3. The summed E-state index contributed by atoms with van der Waals surface area (Å²) < 4.78 is 2.18. The Morgan fingerprint density at radius 2 is 1.90 bits per heavy atom. The van der Waals surface area contributed by atoms with Gasteiger partial charge in [-0.25, -0.2) is 4.98 Å². The van der Waals surface area contributed by atoms with E-state index in [2.05, 4.69) is 60.6 Å². The van der Waals surface area contributed by atoms with Gasteiger partial charge in [0.2, 0.25) is 0 Å². The van der Waals surface area contributed by atoms with Gasteiger partial charge in [-0.15, -0.1) is 0 Å². The Bertz CT molecular complexity index is 980. The van der Waals surface area contributed by atoms with E-state index in [-0.39, 0.29) is 0 Å². The van der Waals surface area contributed by atoms with Crippen LogP contribution < -0.4 is 0 Å². The van der Waals surface area contributed by atoms with E-state index in [4.69, 9.17) is 4.98 Å². The summed E-state index contributed by atoms with van der Waals surface area (Å²) in [7, 11) is 0. The number of hydrogen-bond donors (Lipinski definition) is 0. The molecule has 0 saturated carbocycles. The van der Waals surface area contributed by atoms with E-state index in [0.717, 1.165) is 22.4 Å². The molecule has 4 rings (SSSR count). The van der Waals surface area contributed by atoms with E-state index in [1.54, 1.807) is 0 Å². The first kappa shape index (κ1) is 12.3. The highest BCUT2D eigenvalue weighted by Crippen LogP contribution is 2.29. The average molecular weight is 275 g/mol. The van der Waals surface area contributed by atoms with Gasteiger partial charge < -0.3 is 0 Å². The van der Waals surface area contributed by atoms with Crippen molar-refractivity contribution in [1.82, 2.24) is 14.4 Å². The number of benzene rings is 1. The zero-order valence-corrected chi connectivity index (χ0v) is 12.5. The molecule has 0 bridgehead atoms. The fourth-order valence-electron chi connectivity index (χ4n) is 3.07. The molecule has 0 spiro atoms. The normalized spacial score (nSPS) is 12.0. The van der Waals surface area contributed by atoms with Gasteiger partial charge in [0, 0.05) is 17.8 Å². The average Bonchev–Trinajstić information content (AvgIpc) is 2.86. The van der Waals surface area contributed by atoms with Crippen molar-refractivity contribution in [2.45, 2.75) is 26.7 Å². The predicted molar refractivity (Wildman–Crippen MR) is 86.8 cm³/mol. The van der Waals surface area contributed by atoms with Gasteiger partial charge >= 0.3 is 0 Å². The molecule has 0 atom stereocenters. The topological polar surface area (TPSA) is 30.2 Å². The number of pyridine rings is 2. The second-order valence-corrected chi connectivity index (χ2v) is 5.88. The second kappa shape index (κ2) is 4.29. The fraction of sp³-hybridized carbons (Fsp3) is 0.222. The molecule has 0 radical (unpaired) electrons. The highest BCUT2D eigenvalue weighted by molar-refractivity contribution is 5.99. The maximum absolute atomic E-state index is 4.85. The summed E-state index contributed by atoms with van der Waals surface area (Å²) in [6, 6.07) is 10.6. The van der Waals surface area contributed by atoms with Gasteiger partial charge in [-0.05, 0) is 35.9 Å². The number of aryl methyl sites for hydroxylation is 1. The molecule has 3 aromatic heterocycles. The molecule has 1 aromatic carbocycles. The molecule has 0 N–H and O–H groups in total. The zero-order valence-electron chi connectivity index (χ0n) is 12.5. The molecule has 0 aliphatic rings. The van der Waals surface area contributed by atoms with Crippen LogP contribution in [0.15, 0.2) is 42.7 Å². The lowest BCUT2D eigenvalue weighted by Crippen LogP contribution is -1.96. The number of nitrogens with zero attached hydrogens (tertiary/aromatic N) is 3. The second-order valence-electron chi connectivity index (χ2n) is 5.88. The predicted octanol–water partition coefficient (Wildman–Crippen LogP) is 4.47. The smallest absolute Gasteiger partial charge is 0.145 e. The van der Waals surface area contributed by atoms with Crippen LogP contribution in [-0.2, 0) is 0 Å². The van der Waals surface area contributed by atoms with Crippen molar-refractivity contribution in [2.24, 2.45) is 0 Å². The summed E-state index contributed by atoms with van der Waals surface area (Å²) in [6.07, 6.45) is 3.98. The number of imidazole rings is 1. The van der Waals surface area contributed by atoms with Crippen molar-refractivity contribution in [3.63, 3.8) is 0 Å². The van der Waals surface area contributed by atoms with Gasteiger partial charge in [0.15, 0.2) is 0 Å². The molecule has 21 heavy (non-hydrogen) atoms. The maximum Gasteiger partial charge on any atom is 0.145 e.